The van der Waals surface area contributed by atoms with E-state index in [0.29, 0.717) is 17.7 Å². The van der Waals surface area contributed by atoms with Crippen molar-refractivity contribution in [1.29, 1.82) is 0 Å². The molecule has 7 nitrogen and oxygen atoms in total. The second kappa shape index (κ2) is 16.0. The number of hydrogen-bond donors (Lipinski definition) is 2. The number of ether oxygens (including phenoxy) is 1. The summed E-state index contributed by atoms with van der Waals surface area (Å²) >= 11 is 2.09. The first-order valence-corrected chi connectivity index (χ1v) is 12.7. The maximum atomic E-state index is 12.3. The van der Waals surface area contributed by atoms with Gasteiger partial charge in [0.1, 0.15) is 5.75 Å². The van der Waals surface area contributed by atoms with Crippen molar-refractivity contribution in [3.63, 3.8) is 0 Å². The Hall–Kier alpha value is -2.75. The fourth-order valence-corrected chi connectivity index (χ4v) is 3.75. The Labute approximate surface area is 214 Å². The predicted octanol–water partition coefficient (Wildman–Crippen LogP) is 5.22. The van der Waals surface area contributed by atoms with Crippen molar-refractivity contribution in [3.8, 4) is 5.75 Å². The number of esters is 1. The van der Waals surface area contributed by atoms with Crippen molar-refractivity contribution in [2.24, 2.45) is 5.10 Å². The van der Waals surface area contributed by atoms with Gasteiger partial charge in [0.2, 0.25) is 5.91 Å². The average Bonchev–Trinajstić information content (AvgIpc) is 2.83. The second-order valence-electron chi connectivity index (χ2n) is 7.88. The van der Waals surface area contributed by atoms with Crippen molar-refractivity contribution < 1.29 is 19.1 Å². The maximum absolute atomic E-state index is 12.3. The van der Waals surface area contributed by atoms with Crippen molar-refractivity contribution in [2.45, 2.75) is 58.3 Å². The zero-order valence-corrected chi connectivity index (χ0v) is 21.7. The van der Waals surface area contributed by atoms with E-state index < -0.39 is 11.9 Å². The molecule has 0 aliphatic heterocycles. The molecular formula is C26H32IN3O4. The van der Waals surface area contributed by atoms with E-state index in [1.807, 2.05) is 12.1 Å². The third-order valence-electron chi connectivity index (χ3n) is 5.04. The molecule has 182 valence electrons. The van der Waals surface area contributed by atoms with Crippen LogP contribution in [-0.2, 0) is 9.59 Å². The van der Waals surface area contributed by atoms with Gasteiger partial charge in [0.25, 0.3) is 5.91 Å². The topological polar surface area (TPSA) is 96.9 Å². The highest BCUT2D eigenvalue weighted by molar-refractivity contribution is 14.1. The van der Waals surface area contributed by atoms with Crippen LogP contribution in [0.3, 0.4) is 0 Å². The Kier molecular flexibility index (Phi) is 12.9. The average molecular weight is 577 g/mol. The molecule has 0 aliphatic rings. The molecule has 0 saturated heterocycles. The van der Waals surface area contributed by atoms with Crippen molar-refractivity contribution >= 4 is 46.6 Å². The highest BCUT2D eigenvalue weighted by Crippen LogP contribution is 2.17. The van der Waals surface area contributed by atoms with Crippen LogP contribution >= 0.6 is 22.6 Å². The third-order valence-corrected chi connectivity index (χ3v) is 5.98. The number of hydrazone groups is 1. The lowest BCUT2D eigenvalue weighted by Gasteiger charge is -2.06. The van der Waals surface area contributed by atoms with Crippen LogP contribution in [0, 0.1) is 3.57 Å². The maximum Gasteiger partial charge on any atom is 0.344 e. The number of unbranched alkanes of at least 4 members (excludes halogenated alkanes) is 6. The van der Waals surface area contributed by atoms with Crippen LogP contribution in [0.2, 0.25) is 0 Å². The number of nitrogens with zero attached hydrogens (tertiary/aromatic N) is 1. The minimum absolute atomic E-state index is 0.111. The number of carbonyl (C=O) groups is 3. The van der Waals surface area contributed by atoms with Gasteiger partial charge in [-0.1, -0.05) is 57.6 Å². The third kappa shape index (κ3) is 10.9. The normalized spacial score (nSPS) is 10.8. The van der Waals surface area contributed by atoms with Crippen LogP contribution in [0.15, 0.2) is 53.6 Å². The van der Waals surface area contributed by atoms with Crippen molar-refractivity contribution in [1.82, 2.24) is 10.7 Å². The SMILES string of the molecule is CCCCCCCCCC(=O)NCC(=O)N/N=C/c1ccc(OC(=O)c2ccccc2I)cc1. The summed E-state index contributed by atoms with van der Waals surface area (Å²) in [6, 6.07) is 13.9. The van der Waals surface area contributed by atoms with E-state index in [1.54, 1.807) is 36.4 Å². The van der Waals surface area contributed by atoms with Gasteiger partial charge in [-0.15, -0.1) is 0 Å². The summed E-state index contributed by atoms with van der Waals surface area (Å²) in [5, 5.41) is 6.51. The summed E-state index contributed by atoms with van der Waals surface area (Å²) in [5.74, 6) is -0.530. The smallest absolute Gasteiger partial charge is 0.344 e. The molecule has 2 rings (SSSR count). The molecule has 34 heavy (non-hydrogen) atoms. The predicted molar refractivity (Wildman–Crippen MR) is 142 cm³/mol. The highest BCUT2D eigenvalue weighted by atomic mass is 127. The van der Waals surface area contributed by atoms with Gasteiger partial charge in [0, 0.05) is 9.99 Å². The van der Waals surface area contributed by atoms with Crippen molar-refractivity contribution in [3.05, 3.63) is 63.2 Å². The number of amides is 2. The molecule has 0 radical (unpaired) electrons. The van der Waals surface area contributed by atoms with Gasteiger partial charge in [-0.05, 0) is 71.0 Å². The van der Waals surface area contributed by atoms with E-state index in [4.69, 9.17) is 4.74 Å². The first-order valence-electron chi connectivity index (χ1n) is 11.6. The van der Waals surface area contributed by atoms with Crippen LogP contribution in [0.4, 0.5) is 0 Å². The Morgan fingerprint density at radius 3 is 2.29 bits per heavy atom. The highest BCUT2D eigenvalue weighted by Gasteiger charge is 2.11. The van der Waals surface area contributed by atoms with E-state index >= 15 is 0 Å². The number of nitrogens with one attached hydrogen (secondary N) is 2. The van der Waals surface area contributed by atoms with Gasteiger partial charge >= 0.3 is 5.97 Å². The van der Waals surface area contributed by atoms with Gasteiger partial charge in [-0.3, -0.25) is 9.59 Å². The number of benzene rings is 2. The molecular weight excluding hydrogens is 545 g/mol. The number of hydrogen-bond acceptors (Lipinski definition) is 5. The van der Waals surface area contributed by atoms with E-state index in [9.17, 15) is 14.4 Å². The minimum Gasteiger partial charge on any atom is -0.423 e. The van der Waals surface area contributed by atoms with Gasteiger partial charge in [-0.25, -0.2) is 10.2 Å². The molecule has 0 atom stereocenters. The monoisotopic (exact) mass is 577 g/mol. The molecule has 0 spiro atoms. The molecule has 0 aromatic heterocycles. The van der Waals surface area contributed by atoms with Crippen LogP contribution in [-0.4, -0.2) is 30.5 Å². The molecule has 0 aliphatic carbocycles. The molecule has 0 saturated carbocycles. The summed E-state index contributed by atoms with van der Waals surface area (Å²) in [6.45, 7) is 2.08. The van der Waals surface area contributed by atoms with Gasteiger partial charge in [0.15, 0.2) is 0 Å². The molecule has 2 aromatic carbocycles. The lowest BCUT2D eigenvalue weighted by atomic mass is 10.1. The summed E-state index contributed by atoms with van der Waals surface area (Å²) in [6.07, 6.45) is 9.92. The first kappa shape index (κ1) is 27.5. The Morgan fingerprint density at radius 2 is 1.59 bits per heavy atom. The molecule has 0 heterocycles. The molecule has 2 amide bonds. The molecule has 8 heteroatoms. The van der Waals surface area contributed by atoms with Crippen molar-refractivity contribution in [2.75, 3.05) is 6.54 Å². The zero-order chi connectivity index (χ0) is 24.6. The van der Waals surface area contributed by atoms with Crippen LogP contribution < -0.4 is 15.5 Å². The van der Waals surface area contributed by atoms with Crippen LogP contribution in [0.25, 0.3) is 0 Å². The fourth-order valence-electron chi connectivity index (χ4n) is 3.14. The molecule has 2 aromatic rings. The van der Waals surface area contributed by atoms with E-state index in [2.05, 4.69) is 45.4 Å². The summed E-state index contributed by atoms with van der Waals surface area (Å²) < 4.78 is 6.21. The minimum atomic E-state index is -0.423. The first-order chi connectivity index (χ1) is 16.5. The lowest BCUT2D eigenvalue weighted by Crippen LogP contribution is -2.34. The van der Waals surface area contributed by atoms with Gasteiger partial charge in [-0.2, -0.15) is 5.10 Å². The summed E-state index contributed by atoms with van der Waals surface area (Å²) in [4.78, 5) is 36.0. The van der Waals surface area contributed by atoms with Crippen LogP contribution in [0.1, 0.15) is 74.2 Å². The Bertz CT molecular complexity index is 961. The van der Waals surface area contributed by atoms with Gasteiger partial charge < -0.3 is 10.1 Å². The zero-order valence-electron chi connectivity index (χ0n) is 19.5. The Balaban J connectivity index is 1.64. The molecule has 0 fully saturated rings. The number of carbonyl (C=O) groups excluding carboxylic acids is 3. The van der Waals surface area contributed by atoms with E-state index in [-0.39, 0.29) is 12.5 Å². The lowest BCUT2D eigenvalue weighted by molar-refractivity contribution is -0.126. The molecule has 0 bridgehead atoms. The quantitative estimate of drug-likeness (QED) is 0.0804. The van der Waals surface area contributed by atoms with E-state index in [0.717, 1.165) is 28.4 Å². The fraction of sp³-hybridized carbons (Fsp3) is 0.385. The summed E-state index contributed by atoms with van der Waals surface area (Å²) in [7, 11) is 0. The van der Waals surface area contributed by atoms with Crippen LogP contribution in [0.5, 0.6) is 5.75 Å². The number of halogens is 1. The number of rotatable bonds is 14. The largest absolute Gasteiger partial charge is 0.423 e. The molecule has 2 N–H and O–H groups in total. The van der Waals surface area contributed by atoms with E-state index in [1.165, 1.54) is 31.9 Å². The van der Waals surface area contributed by atoms with Gasteiger partial charge in [0.05, 0.1) is 18.3 Å². The summed E-state index contributed by atoms with van der Waals surface area (Å²) in [5.41, 5.74) is 3.61. The second-order valence-corrected chi connectivity index (χ2v) is 9.04. The standard InChI is InChI=1S/C26H32IN3O4/c1-2-3-4-5-6-7-8-13-24(31)28-19-25(32)30-29-18-20-14-16-21(17-15-20)34-26(33)22-11-9-10-12-23(22)27/h9-12,14-18H,2-8,13,19H2,1H3,(H,28,31)(H,30,32)/b29-18+. The molecule has 0 unspecified atom stereocenters. The Morgan fingerprint density at radius 1 is 0.912 bits per heavy atom.